The van der Waals surface area contributed by atoms with E-state index in [2.05, 4.69) is 35.1 Å². The lowest BCUT2D eigenvalue weighted by molar-refractivity contribution is -0.0226. The molecule has 250 valence electrons. The third-order valence-electron chi connectivity index (χ3n) is 11.6. The average Bonchev–Trinajstić information content (AvgIpc) is 3.68. The first-order valence-electron chi connectivity index (χ1n) is 17.2. The first kappa shape index (κ1) is 32.1. The van der Waals surface area contributed by atoms with Crippen LogP contribution in [0.5, 0.6) is 11.5 Å². The van der Waals surface area contributed by atoms with Crippen molar-refractivity contribution in [2.45, 2.75) is 63.9 Å². The lowest BCUT2D eigenvalue weighted by Crippen LogP contribution is -2.43. The fourth-order valence-electron chi connectivity index (χ4n) is 8.93. The number of phenolic OH excluding ortho intramolecular Hbond substituents is 2. The molecule has 0 unspecified atom stereocenters. The van der Waals surface area contributed by atoms with E-state index < -0.39 is 0 Å². The highest BCUT2D eigenvalue weighted by Crippen LogP contribution is 2.61. The van der Waals surface area contributed by atoms with Gasteiger partial charge in [-0.25, -0.2) is 0 Å². The zero-order valence-electron chi connectivity index (χ0n) is 27.5. The van der Waals surface area contributed by atoms with E-state index >= 15 is 0 Å². The van der Waals surface area contributed by atoms with Crippen molar-refractivity contribution in [1.82, 2.24) is 4.57 Å². The topological polar surface area (TPSA) is 90.3 Å². The minimum absolute atomic E-state index is 0.0175. The zero-order chi connectivity index (χ0) is 33.7. The number of aryl methyl sites for hydroxylation is 1. The van der Waals surface area contributed by atoms with Gasteiger partial charge in [-0.2, -0.15) is 5.10 Å². The third-order valence-corrected chi connectivity index (χ3v) is 12.6. The maximum Gasteiger partial charge on any atom is 0.215 e. The second kappa shape index (κ2) is 12.9. The molecule has 0 saturated heterocycles. The molecule has 0 radical (unpaired) electrons. The van der Waals surface area contributed by atoms with Crippen LogP contribution in [-0.4, -0.2) is 31.7 Å². The summed E-state index contributed by atoms with van der Waals surface area (Å²) in [5.74, 6) is 1.99. The predicted molar refractivity (Wildman–Crippen MR) is 197 cm³/mol. The van der Waals surface area contributed by atoms with Crippen molar-refractivity contribution in [3.05, 3.63) is 128 Å². The monoisotopic (exact) mass is 689 g/mol. The van der Waals surface area contributed by atoms with Crippen LogP contribution in [0, 0.1) is 17.3 Å². The number of aliphatic hydroxyl groups is 1. The number of phenols is 2. The van der Waals surface area contributed by atoms with Crippen molar-refractivity contribution in [1.29, 1.82) is 0 Å². The van der Waals surface area contributed by atoms with Crippen LogP contribution in [0.3, 0.4) is 0 Å². The number of nitrogens with zero attached hydrogens (tertiary/aromatic N) is 3. The number of aromatic hydroxyl groups is 2. The summed E-state index contributed by atoms with van der Waals surface area (Å²) in [4.78, 5) is 0.693. The van der Waals surface area contributed by atoms with E-state index in [1.165, 1.54) is 22.5 Å². The summed E-state index contributed by atoms with van der Waals surface area (Å²) < 4.78 is 2.08. The summed E-state index contributed by atoms with van der Waals surface area (Å²) in [7, 11) is 0. The smallest absolute Gasteiger partial charge is 0.215 e. The van der Waals surface area contributed by atoms with E-state index in [9.17, 15) is 15.3 Å². The lowest BCUT2D eigenvalue weighted by Gasteiger charge is -2.50. The molecule has 49 heavy (non-hydrogen) atoms. The van der Waals surface area contributed by atoms with E-state index in [-0.39, 0.29) is 23.0 Å². The van der Waals surface area contributed by atoms with Crippen molar-refractivity contribution in [2.75, 3.05) is 0 Å². The highest BCUT2D eigenvalue weighted by molar-refractivity contribution is 7.07. The summed E-state index contributed by atoms with van der Waals surface area (Å²) in [6.07, 6.45) is 6.35. The lowest BCUT2D eigenvalue weighted by atomic mass is 9.55. The second-order valence-electron chi connectivity index (χ2n) is 14.2. The van der Waals surface area contributed by atoms with Gasteiger partial charge >= 0.3 is 0 Å². The van der Waals surface area contributed by atoms with Crippen molar-refractivity contribution in [3.63, 3.8) is 0 Å². The number of hydrogen-bond donors (Lipinski definition) is 3. The van der Waals surface area contributed by atoms with Crippen LogP contribution in [-0.2, 0) is 12.8 Å². The molecule has 2 saturated carbocycles. The molecule has 0 aliphatic heterocycles. The van der Waals surface area contributed by atoms with Gasteiger partial charge in [0.15, 0.2) is 0 Å². The van der Waals surface area contributed by atoms with Gasteiger partial charge in [-0.1, -0.05) is 54.9 Å². The normalized spacial score (nSPS) is 25.1. The average molecular weight is 690 g/mol. The van der Waals surface area contributed by atoms with Crippen molar-refractivity contribution < 1.29 is 15.3 Å². The standard InChI is InChI=1S/C41H40ClN3O3S/c1-41-20-19-32-33(35(41)17-18-39(41)48)16-9-27-23-38(47)28(21-34(27)32)22-36(25-7-14-31(46)15-8-25)43-44-40-45(30-12-10-29(42)11-13-30)37(24-49-40)26-5-3-2-4-6-26/h2-8,10-15,21,23-24,32-33,35,39,46-48H,9,16-20,22H2,1H3/b43-36-,44-40-/t32-,33+,35-,39-,41-/m0/s1. The SMILES string of the molecule is C[C@]12CC[C@@H]3c4cc(C/C(=N/N=c5\scc(-c6ccccc6)n5-c5ccc(Cl)cc5)c5ccc(O)cc5)c(O)cc4CC[C@H]3[C@@H]1CC[C@@H]2O. The van der Waals surface area contributed by atoms with Gasteiger partial charge < -0.3 is 15.3 Å². The fourth-order valence-corrected chi connectivity index (χ4v) is 9.91. The molecule has 3 aliphatic rings. The van der Waals surface area contributed by atoms with Gasteiger partial charge in [0.25, 0.3) is 0 Å². The highest BCUT2D eigenvalue weighted by atomic mass is 35.5. The Balaban J connectivity index is 1.20. The Hall–Kier alpha value is -4.17. The molecule has 5 atom stereocenters. The van der Waals surface area contributed by atoms with Crippen LogP contribution in [0.1, 0.15) is 67.2 Å². The summed E-state index contributed by atoms with van der Waals surface area (Å²) >= 11 is 7.76. The molecule has 5 aromatic rings. The van der Waals surface area contributed by atoms with Crippen LogP contribution in [0.4, 0.5) is 0 Å². The molecule has 3 N–H and O–H groups in total. The van der Waals surface area contributed by atoms with Crippen molar-refractivity contribution >= 4 is 28.6 Å². The molecule has 1 heterocycles. The van der Waals surface area contributed by atoms with E-state index in [1.807, 2.05) is 60.7 Å². The van der Waals surface area contributed by atoms with E-state index in [0.29, 0.717) is 39.7 Å². The van der Waals surface area contributed by atoms with Gasteiger partial charge in [-0.05, 0) is 139 Å². The summed E-state index contributed by atoms with van der Waals surface area (Å²) in [5.41, 5.74) is 7.92. The van der Waals surface area contributed by atoms with Crippen LogP contribution < -0.4 is 4.80 Å². The van der Waals surface area contributed by atoms with Gasteiger partial charge in [-0.3, -0.25) is 4.57 Å². The van der Waals surface area contributed by atoms with Crippen LogP contribution in [0.15, 0.2) is 107 Å². The minimum Gasteiger partial charge on any atom is -0.508 e. The number of fused-ring (bicyclic) bond motifs is 5. The van der Waals surface area contributed by atoms with Gasteiger partial charge in [0, 0.05) is 28.1 Å². The first-order chi connectivity index (χ1) is 23.8. The molecule has 8 rings (SSSR count). The Morgan fingerprint density at radius 3 is 2.49 bits per heavy atom. The highest BCUT2D eigenvalue weighted by Gasteiger charge is 2.54. The maximum atomic E-state index is 11.4. The molecule has 2 fully saturated rings. The molecule has 1 aromatic heterocycles. The van der Waals surface area contributed by atoms with Gasteiger partial charge in [0.05, 0.1) is 17.5 Å². The molecule has 0 spiro atoms. The van der Waals surface area contributed by atoms with E-state index in [4.69, 9.17) is 21.8 Å². The van der Waals surface area contributed by atoms with Crippen LogP contribution >= 0.6 is 22.9 Å². The number of thiazole rings is 1. The molecule has 4 aromatic carbocycles. The maximum absolute atomic E-state index is 11.4. The number of benzene rings is 4. The number of halogens is 1. The first-order valence-corrected chi connectivity index (χ1v) is 18.5. The van der Waals surface area contributed by atoms with E-state index in [1.54, 1.807) is 12.1 Å². The molecule has 0 amide bonds. The van der Waals surface area contributed by atoms with Gasteiger partial charge in [0.1, 0.15) is 11.5 Å². The third kappa shape index (κ3) is 5.92. The molecular weight excluding hydrogens is 650 g/mol. The van der Waals surface area contributed by atoms with Crippen LogP contribution in [0.2, 0.25) is 5.02 Å². The number of rotatable bonds is 6. The Labute approximate surface area is 295 Å². The Bertz CT molecular complexity index is 2090. The predicted octanol–water partition coefficient (Wildman–Crippen LogP) is 9.04. The summed E-state index contributed by atoms with van der Waals surface area (Å²) in [6, 6.07) is 29.1. The van der Waals surface area contributed by atoms with Crippen molar-refractivity contribution in [3.8, 4) is 28.4 Å². The Morgan fingerprint density at radius 1 is 0.939 bits per heavy atom. The van der Waals surface area contributed by atoms with Crippen LogP contribution in [0.25, 0.3) is 16.9 Å². The molecule has 3 aliphatic carbocycles. The Morgan fingerprint density at radius 2 is 1.71 bits per heavy atom. The number of aliphatic hydroxyl groups excluding tert-OH is 1. The summed E-state index contributed by atoms with van der Waals surface area (Å²) in [5, 5.41) is 44.8. The molecule has 6 nitrogen and oxygen atoms in total. The minimum atomic E-state index is -0.200. The van der Waals surface area contributed by atoms with E-state index in [0.717, 1.165) is 66.6 Å². The molecule has 8 heteroatoms. The second-order valence-corrected chi connectivity index (χ2v) is 15.5. The van der Waals surface area contributed by atoms with Gasteiger partial charge in [-0.15, -0.1) is 16.4 Å². The summed E-state index contributed by atoms with van der Waals surface area (Å²) in [6.45, 7) is 2.31. The number of hydrogen-bond acceptors (Lipinski definition) is 6. The largest absolute Gasteiger partial charge is 0.508 e. The zero-order valence-corrected chi connectivity index (χ0v) is 29.0. The quantitative estimate of drug-likeness (QED) is 0.123. The molecule has 0 bridgehead atoms. The van der Waals surface area contributed by atoms with Gasteiger partial charge in [0.2, 0.25) is 4.80 Å². The molecular formula is C41H40ClN3O3S. The fraction of sp³-hybridized carbons (Fsp3) is 0.317. The number of aromatic nitrogens is 1. The van der Waals surface area contributed by atoms with Crippen molar-refractivity contribution in [2.24, 2.45) is 27.5 Å². The Kier molecular flexibility index (Phi) is 8.47.